The zero-order chi connectivity index (χ0) is 18.9. The smallest absolute Gasteiger partial charge is 0.313 e. The number of rotatable bonds is 5. The van der Waals surface area contributed by atoms with Gasteiger partial charge in [0.15, 0.2) is 0 Å². The molecule has 6 nitrogen and oxygen atoms in total. The van der Waals surface area contributed by atoms with E-state index in [1.165, 1.54) is 18.9 Å². The van der Waals surface area contributed by atoms with Crippen molar-refractivity contribution in [2.75, 3.05) is 5.32 Å². The van der Waals surface area contributed by atoms with Gasteiger partial charge >= 0.3 is 10.1 Å². The molecule has 27 heavy (non-hydrogen) atoms. The third-order valence-electron chi connectivity index (χ3n) is 6.04. The van der Waals surface area contributed by atoms with Crippen molar-refractivity contribution in [3.05, 3.63) is 23.8 Å². The van der Waals surface area contributed by atoms with Crippen LogP contribution in [0.5, 0.6) is 0 Å². The number of carbonyl (C=O) groups excluding carboxylic acids is 1. The summed E-state index contributed by atoms with van der Waals surface area (Å²) in [6, 6.07) is 5.10. The Morgan fingerprint density at radius 2 is 1.52 bits per heavy atom. The second kappa shape index (κ2) is 7.89. The molecule has 0 atom stereocenters. The first-order valence-electron chi connectivity index (χ1n) is 10.2. The minimum atomic E-state index is -3.91. The summed E-state index contributed by atoms with van der Waals surface area (Å²) < 4.78 is 31.9. The monoisotopic (exact) mass is 392 g/mol. The highest BCUT2D eigenvalue weighted by molar-refractivity contribution is 7.86. The van der Waals surface area contributed by atoms with E-state index in [9.17, 15) is 13.2 Å². The van der Waals surface area contributed by atoms with Crippen LogP contribution in [0.25, 0.3) is 0 Å². The molecule has 1 heterocycles. The highest BCUT2D eigenvalue weighted by atomic mass is 32.2. The van der Waals surface area contributed by atoms with Crippen molar-refractivity contribution in [1.29, 1.82) is 0 Å². The van der Waals surface area contributed by atoms with Crippen molar-refractivity contribution in [3.63, 3.8) is 0 Å². The van der Waals surface area contributed by atoms with Gasteiger partial charge in [-0.3, -0.25) is 4.79 Å². The predicted molar refractivity (Wildman–Crippen MR) is 103 cm³/mol. The maximum atomic E-state index is 13.0. The molecule has 4 rings (SSSR count). The van der Waals surface area contributed by atoms with Gasteiger partial charge in [0.1, 0.15) is 0 Å². The molecule has 1 N–H and O–H groups in total. The first-order valence-corrected chi connectivity index (χ1v) is 11.6. The standard InChI is InChI=1S/C20H28N2O4S/c23-20-14-15-13-18(11-12-19(15)21-20)27(24,25)26-22(16-7-3-1-4-8-16)17-9-5-2-6-10-17/h11-13,16-17H,1-10,14H2,(H,21,23). The molecule has 7 heteroatoms. The topological polar surface area (TPSA) is 75.7 Å². The lowest BCUT2D eigenvalue weighted by Crippen LogP contribution is -2.46. The summed E-state index contributed by atoms with van der Waals surface area (Å²) in [7, 11) is -3.91. The van der Waals surface area contributed by atoms with E-state index in [4.69, 9.17) is 4.28 Å². The molecule has 0 saturated heterocycles. The minimum absolute atomic E-state index is 0.105. The fraction of sp³-hybridized carbons (Fsp3) is 0.650. The average molecular weight is 393 g/mol. The van der Waals surface area contributed by atoms with E-state index in [2.05, 4.69) is 5.32 Å². The highest BCUT2D eigenvalue weighted by Gasteiger charge is 2.34. The summed E-state index contributed by atoms with van der Waals surface area (Å²) in [5, 5.41) is 4.56. The van der Waals surface area contributed by atoms with Gasteiger partial charge in [0.25, 0.3) is 0 Å². The molecule has 0 aromatic heterocycles. The van der Waals surface area contributed by atoms with Crippen molar-refractivity contribution < 1.29 is 17.5 Å². The summed E-state index contributed by atoms with van der Waals surface area (Å²) >= 11 is 0. The molecular weight excluding hydrogens is 364 g/mol. The molecule has 0 bridgehead atoms. The number of benzene rings is 1. The number of hydrogen-bond acceptors (Lipinski definition) is 5. The molecule has 1 aliphatic heterocycles. The van der Waals surface area contributed by atoms with E-state index >= 15 is 0 Å². The Morgan fingerprint density at radius 3 is 2.11 bits per heavy atom. The van der Waals surface area contributed by atoms with Crippen LogP contribution < -0.4 is 5.32 Å². The molecular formula is C20H28N2O4S. The number of amides is 1. The number of hydrogen-bond donors (Lipinski definition) is 1. The second-order valence-corrected chi connectivity index (χ2v) is 9.54. The van der Waals surface area contributed by atoms with Crippen molar-refractivity contribution >= 4 is 21.7 Å². The lowest BCUT2D eigenvalue weighted by Gasteiger charge is -2.39. The normalized spacial score (nSPS) is 22.0. The zero-order valence-corrected chi connectivity index (χ0v) is 16.5. The first-order chi connectivity index (χ1) is 13.0. The van der Waals surface area contributed by atoms with E-state index in [1.54, 1.807) is 12.1 Å². The van der Waals surface area contributed by atoms with Crippen LogP contribution >= 0.6 is 0 Å². The SMILES string of the molecule is O=C1Cc2cc(S(=O)(=O)ON(C3CCCCC3)C3CCCCC3)ccc2N1. The van der Waals surface area contributed by atoms with Crippen LogP contribution in [0.4, 0.5) is 5.69 Å². The lowest BCUT2D eigenvalue weighted by atomic mass is 9.90. The van der Waals surface area contributed by atoms with Gasteiger partial charge in [0.05, 0.1) is 11.3 Å². The fourth-order valence-corrected chi connectivity index (χ4v) is 5.69. The van der Waals surface area contributed by atoms with Crippen LogP contribution in [0.2, 0.25) is 0 Å². The van der Waals surface area contributed by atoms with E-state index in [1.807, 2.05) is 5.06 Å². The summed E-state index contributed by atoms with van der Waals surface area (Å²) in [6.45, 7) is 0. The lowest BCUT2D eigenvalue weighted by molar-refractivity contribution is -0.141. The third-order valence-corrected chi connectivity index (χ3v) is 7.24. The molecule has 1 aromatic carbocycles. The number of hydroxylamine groups is 2. The predicted octanol–water partition coefficient (Wildman–Crippen LogP) is 3.77. The Morgan fingerprint density at radius 1 is 0.926 bits per heavy atom. The average Bonchev–Trinajstić information content (AvgIpc) is 3.07. The van der Waals surface area contributed by atoms with Gasteiger partial charge in [0, 0.05) is 17.8 Å². The van der Waals surface area contributed by atoms with Crippen molar-refractivity contribution in [3.8, 4) is 0 Å². The molecule has 1 amide bonds. The number of anilines is 1. The van der Waals surface area contributed by atoms with Crippen molar-refractivity contribution in [1.82, 2.24) is 5.06 Å². The molecule has 2 aliphatic carbocycles. The van der Waals surface area contributed by atoms with Crippen LogP contribution in [0.1, 0.15) is 69.8 Å². The molecule has 3 aliphatic rings. The first kappa shape index (κ1) is 18.9. The Kier molecular flexibility index (Phi) is 5.53. The van der Waals surface area contributed by atoms with E-state index in [-0.39, 0.29) is 29.3 Å². The Bertz CT molecular complexity index is 778. The maximum absolute atomic E-state index is 13.0. The fourth-order valence-electron chi connectivity index (χ4n) is 4.61. The van der Waals surface area contributed by atoms with Crippen molar-refractivity contribution in [2.45, 2.75) is 87.6 Å². The van der Waals surface area contributed by atoms with Crippen LogP contribution in [0.15, 0.2) is 23.1 Å². The van der Waals surface area contributed by atoms with Crippen LogP contribution in [-0.2, 0) is 25.6 Å². The number of nitrogens with zero attached hydrogens (tertiary/aromatic N) is 1. The van der Waals surface area contributed by atoms with E-state index in [0.29, 0.717) is 11.3 Å². The van der Waals surface area contributed by atoms with Gasteiger partial charge in [0.2, 0.25) is 5.91 Å². The van der Waals surface area contributed by atoms with Crippen molar-refractivity contribution in [2.24, 2.45) is 0 Å². The van der Waals surface area contributed by atoms with Crippen LogP contribution in [-0.4, -0.2) is 31.5 Å². The summed E-state index contributed by atoms with van der Waals surface area (Å²) in [5.41, 5.74) is 1.40. The van der Waals surface area contributed by atoms with Gasteiger partial charge in [-0.1, -0.05) is 38.5 Å². The third kappa shape index (κ3) is 4.20. The number of nitrogens with one attached hydrogen (secondary N) is 1. The molecule has 2 saturated carbocycles. The van der Waals surface area contributed by atoms with Gasteiger partial charge in [-0.2, -0.15) is 17.8 Å². The zero-order valence-electron chi connectivity index (χ0n) is 15.7. The molecule has 1 aromatic rings. The van der Waals surface area contributed by atoms with Crippen LogP contribution in [0.3, 0.4) is 0 Å². The number of fused-ring (bicyclic) bond motifs is 1. The van der Waals surface area contributed by atoms with E-state index in [0.717, 1.165) is 51.4 Å². The Hall–Kier alpha value is -1.44. The largest absolute Gasteiger partial charge is 0.326 e. The maximum Gasteiger partial charge on any atom is 0.313 e. The summed E-state index contributed by atoms with van der Waals surface area (Å²) in [6.07, 6.45) is 11.1. The quantitative estimate of drug-likeness (QED) is 0.772. The van der Waals surface area contributed by atoms with Crippen LogP contribution in [0, 0.1) is 0 Å². The second-order valence-electron chi connectivity index (χ2n) is 8.02. The Balaban J connectivity index is 1.57. The molecule has 0 unspecified atom stereocenters. The Labute approximate surface area is 161 Å². The summed E-state index contributed by atoms with van der Waals surface area (Å²) in [5.74, 6) is -0.105. The van der Waals surface area contributed by atoms with Gasteiger partial charge < -0.3 is 5.32 Å². The molecule has 0 radical (unpaired) electrons. The molecule has 148 valence electrons. The van der Waals surface area contributed by atoms with Gasteiger partial charge in [-0.25, -0.2) is 0 Å². The van der Waals surface area contributed by atoms with E-state index < -0.39 is 10.1 Å². The number of carbonyl (C=O) groups is 1. The minimum Gasteiger partial charge on any atom is -0.326 e. The van der Waals surface area contributed by atoms with Gasteiger partial charge in [-0.15, -0.1) is 0 Å². The van der Waals surface area contributed by atoms with Gasteiger partial charge in [-0.05, 0) is 49.4 Å². The highest BCUT2D eigenvalue weighted by Crippen LogP contribution is 2.33. The summed E-state index contributed by atoms with van der Waals surface area (Å²) in [4.78, 5) is 11.7. The molecule has 0 spiro atoms. The molecule has 2 fully saturated rings.